The second-order valence-electron chi connectivity index (χ2n) is 12.5. The van der Waals surface area contributed by atoms with Crippen molar-refractivity contribution in [3.63, 3.8) is 0 Å². The minimum absolute atomic E-state index is 0.888. The molecule has 2 heterocycles. The number of para-hydroxylation sites is 3. The van der Waals surface area contributed by atoms with E-state index in [4.69, 9.17) is 4.42 Å². The van der Waals surface area contributed by atoms with Crippen molar-refractivity contribution in [3.8, 4) is 0 Å². The minimum atomic E-state index is 0.888. The molecule has 0 bridgehead atoms. The van der Waals surface area contributed by atoms with Gasteiger partial charge in [0.2, 0.25) is 0 Å². The highest BCUT2D eigenvalue weighted by Gasteiger charge is 2.23. The summed E-state index contributed by atoms with van der Waals surface area (Å²) in [6.45, 7) is 0. The van der Waals surface area contributed by atoms with Gasteiger partial charge in [0.1, 0.15) is 11.2 Å². The second kappa shape index (κ2) is 11.7. The first-order valence-corrected chi connectivity index (χ1v) is 17.7. The first-order chi connectivity index (χ1) is 24.8. The average Bonchev–Trinajstić information content (AvgIpc) is 3.75. The fourth-order valence-corrected chi connectivity index (χ4v) is 8.65. The summed E-state index contributed by atoms with van der Waals surface area (Å²) in [7, 11) is 0. The molecule has 10 aromatic rings. The van der Waals surface area contributed by atoms with Gasteiger partial charge in [0.25, 0.3) is 0 Å². The van der Waals surface area contributed by atoms with Gasteiger partial charge >= 0.3 is 0 Å². The van der Waals surface area contributed by atoms with Crippen LogP contribution >= 0.6 is 11.3 Å². The molecule has 8 aromatic carbocycles. The Labute approximate surface area is 293 Å². The van der Waals surface area contributed by atoms with E-state index in [0.717, 1.165) is 56.1 Å². The summed E-state index contributed by atoms with van der Waals surface area (Å²) in [6.07, 6.45) is 0. The van der Waals surface area contributed by atoms with Crippen LogP contribution in [-0.4, -0.2) is 0 Å². The normalized spacial score (nSPS) is 11.6. The lowest BCUT2D eigenvalue weighted by Gasteiger charge is -2.28. The van der Waals surface area contributed by atoms with Crippen molar-refractivity contribution in [1.82, 2.24) is 0 Å². The summed E-state index contributed by atoms with van der Waals surface area (Å²) in [6, 6.07) is 64.9. The van der Waals surface area contributed by atoms with E-state index in [1.54, 1.807) is 0 Å². The zero-order valence-electron chi connectivity index (χ0n) is 27.0. The zero-order chi connectivity index (χ0) is 33.0. The van der Waals surface area contributed by atoms with E-state index in [-0.39, 0.29) is 0 Å². The number of rotatable bonds is 6. The first kappa shape index (κ1) is 28.6. The molecular weight excluding hydrogens is 629 g/mol. The third-order valence-corrected chi connectivity index (χ3v) is 10.8. The number of hydrogen-bond donors (Lipinski definition) is 0. The van der Waals surface area contributed by atoms with Crippen molar-refractivity contribution in [2.45, 2.75) is 0 Å². The van der Waals surface area contributed by atoms with E-state index in [9.17, 15) is 0 Å². The Morgan fingerprint density at radius 2 is 0.980 bits per heavy atom. The topological polar surface area (TPSA) is 19.6 Å². The number of nitrogens with zero attached hydrogens (tertiary/aromatic N) is 2. The molecular formula is C46H30N2OS. The van der Waals surface area contributed by atoms with Gasteiger partial charge in [-0.25, -0.2) is 0 Å². The number of benzene rings is 8. The second-order valence-corrected chi connectivity index (χ2v) is 13.6. The van der Waals surface area contributed by atoms with Gasteiger partial charge < -0.3 is 14.2 Å². The van der Waals surface area contributed by atoms with Gasteiger partial charge in [-0.15, -0.1) is 11.3 Å². The van der Waals surface area contributed by atoms with Crippen LogP contribution in [0.15, 0.2) is 186 Å². The lowest BCUT2D eigenvalue weighted by molar-refractivity contribution is 0.669. The van der Waals surface area contributed by atoms with Crippen LogP contribution in [0.25, 0.3) is 52.9 Å². The van der Waals surface area contributed by atoms with Crippen molar-refractivity contribution >= 4 is 98.3 Å². The number of furan rings is 1. The van der Waals surface area contributed by atoms with Crippen LogP contribution in [0, 0.1) is 0 Å². The first-order valence-electron chi connectivity index (χ1n) is 16.9. The maximum Gasteiger partial charge on any atom is 0.135 e. The van der Waals surface area contributed by atoms with E-state index in [1.165, 1.54) is 30.9 Å². The largest absolute Gasteiger partial charge is 0.456 e. The molecule has 0 aliphatic carbocycles. The predicted octanol–water partition coefficient (Wildman–Crippen LogP) is 14.0. The van der Waals surface area contributed by atoms with Gasteiger partial charge in [-0.1, -0.05) is 109 Å². The van der Waals surface area contributed by atoms with E-state index >= 15 is 0 Å². The molecule has 0 N–H and O–H groups in total. The summed E-state index contributed by atoms with van der Waals surface area (Å²) in [4.78, 5) is 4.81. The van der Waals surface area contributed by atoms with Gasteiger partial charge in [-0.05, 0) is 78.2 Å². The van der Waals surface area contributed by atoms with Crippen LogP contribution < -0.4 is 9.80 Å². The average molecular weight is 659 g/mol. The third-order valence-electron chi connectivity index (χ3n) is 9.62. The van der Waals surface area contributed by atoms with E-state index in [2.05, 4.69) is 180 Å². The molecule has 0 aliphatic rings. The van der Waals surface area contributed by atoms with Crippen LogP contribution in [-0.2, 0) is 0 Å². The molecule has 0 radical (unpaired) electrons. The standard InChI is InChI=1S/C46H30N2OS/c1-3-16-32(17-4-1)47(33-18-5-2-6-19-33)40-24-13-27-44-45(40)37-22-12-25-41(46(37)50-44)48(39-23-11-15-31-14-7-8-20-35(31)39)34-28-29-43-38(30-34)36-21-9-10-26-42(36)49-43/h1-30H. The molecule has 0 spiro atoms. The number of fused-ring (bicyclic) bond motifs is 7. The molecule has 236 valence electrons. The third kappa shape index (κ3) is 4.57. The predicted molar refractivity (Wildman–Crippen MR) is 213 cm³/mol. The van der Waals surface area contributed by atoms with Crippen molar-refractivity contribution in [3.05, 3.63) is 182 Å². The van der Waals surface area contributed by atoms with Crippen LogP contribution in [0.4, 0.5) is 34.1 Å². The molecule has 0 amide bonds. The summed E-state index contributed by atoms with van der Waals surface area (Å²) in [5.74, 6) is 0. The number of thiophene rings is 1. The van der Waals surface area contributed by atoms with Gasteiger partial charge in [0.05, 0.1) is 21.8 Å². The van der Waals surface area contributed by atoms with Gasteiger partial charge in [0, 0.05) is 48.7 Å². The summed E-state index contributed by atoms with van der Waals surface area (Å²) >= 11 is 1.85. The number of hydrogen-bond acceptors (Lipinski definition) is 4. The van der Waals surface area contributed by atoms with Crippen LogP contribution in [0.5, 0.6) is 0 Å². The smallest absolute Gasteiger partial charge is 0.135 e. The maximum atomic E-state index is 6.27. The lowest BCUT2D eigenvalue weighted by atomic mass is 10.0. The van der Waals surface area contributed by atoms with Gasteiger partial charge in [-0.2, -0.15) is 0 Å². The molecule has 0 atom stereocenters. The molecule has 3 nitrogen and oxygen atoms in total. The van der Waals surface area contributed by atoms with Crippen molar-refractivity contribution in [1.29, 1.82) is 0 Å². The molecule has 0 aliphatic heterocycles. The Kier molecular flexibility index (Phi) is 6.68. The fourth-order valence-electron chi connectivity index (χ4n) is 7.42. The molecule has 4 heteroatoms. The molecule has 0 fully saturated rings. The molecule has 2 aromatic heterocycles. The highest BCUT2D eigenvalue weighted by atomic mass is 32.1. The minimum Gasteiger partial charge on any atom is -0.456 e. The van der Waals surface area contributed by atoms with Crippen molar-refractivity contribution < 1.29 is 4.42 Å². The Morgan fingerprint density at radius 3 is 1.80 bits per heavy atom. The fraction of sp³-hybridized carbons (Fsp3) is 0. The van der Waals surface area contributed by atoms with Crippen molar-refractivity contribution in [2.24, 2.45) is 0 Å². The zero-order valence-corrected chi connectivity index (χ0v) is 27.8. The van der Waals surface area contributed by atoms with Crippen LogP contribution in [0.1, 0.15) is 0 Å². The Hall–Kier alpha value is -6.36. The SMILES string of the molecule is c1ccc(N(c2ccccc2)c2cccc3sc4c(N(c5ccc6oc7ccccc7c6c5)c5cccc6ccccc56)cccc4c23)cc1. The molecule has 0 unspecified atom stereocenters. The summed E-state index contributed by atoms with van der Waals surface area (Å²) < 4.78 is 8.75. The van der Waals surface area contributed by atoms with E-state index in [0.29, 0.717) is 0 Å². The quantitative estimate of drug-likeness (QED) is 0.177. The molecule has 10 rings (SSSR count). The van der Waals surface area contributed by atoms with Crippen molar-refractivity contribution in [2.75, 3.05) is 9.80 Å². The Bertz CT molecular complexity index is 2790. The lowest BCUT2D eigenvalue weighted by Crippen LogP contribution is -2.11. The van der Waals surface area contributed by atoms with Crippen LogP contribution in [0.2, 0.25) is 0 Å². The Morgan fingerprint density at radius 1 is 0.380 bits per heavy atom. The molecule has 50 heavy (non-hydrogen) atoms. The summed E-state index contributed by atoms with van der Waals surface area (Å²) in [5.41, 5.74) is 8.56. The van der Waals surface area contributed by atoms with E-state index in [1.807, 2.05) is 23.5 Å². The highest BCUT2D eigenvalue weighted by Crippen LogP contribution is 2.50. The van der Waals surface area contributed by atoms with Gasteiger partial charge in [-0.3, -0.25) is 0 Å². The Balaban J connectivity index is 1.26. The highest BCUT2D eigenvalue weighted by molar-refractivity contribution is 7.26. The van der Waals surface area contributed by atoms with Crippen LogP contribution in [0.3, 0.4) is 0 Å². The maximum absolute atomic E-state index is 6.27. The van der Waals surface area contributed by atoms with E-state index < -0.39 is 0 Å². The van der Waals surface area contributed by atoms with Gasteiger partial charge in [0.15, 0.2) is 0 Å². The molecule has 0 saturated heterocycles. The summed E-state index contributed by atoms with van der Waals surface area (Å²) in [5, 5.41) is 7.11. The molecule has 0 saturated carbocycles. The monoisotopic (exact) mass is 658 g/mol. The number of anilines is 6.